The topological polar surface area (TPSA) is 179 Å². The molecule has 1 aliphatic heterocycles. The fourth-order valence-corrected chi connectivity index (χ4v) is 5.04. The van der Waals surface area contributed by atoms with E-state index >= 15 is 0 Å². The van der Waals surface area contributed by atoms with E-state index < -0.39 is 47.2 Å². The smallest absolute Gasteiger partial charge is 0.305 e. The molecule has 0 saturated carbocycles. The van der Waals surface area contributed by atoms with Gasteiger partial charge in [-0.25, -0.2) is 4.98 Å². The Morgan fingerprint density at radius 1 is 1.07 bits per heavy atom. The van der Waals surface area contributed by atoms with Crippen molar-refractivity contribution >= 4 is 23.7 Å². The van der Waals surface area contributed by atoms with Crippen molar-refractivity contribution in [3.63, 3.8) is 0 Å². The molecule has 4 atom stereocenters. The molecule has 14 nitrogen and oxygen atoms in total. The van der Waals surface area contributed by atoms with Crippen LogP contribution in [0.5, 0.6) is 0 Å². The molecule has 1 fully saturated rings. The van der Waals surface area contributed by atoms with Crippen LogP contribution in [-0.2, 0) is 44.5 Å². The highest BCUT2D eigenvalue weighted by atomic mass is 16.7. The van der Waals surface area contributed by atoms with E-state index in [0.29, 0.717) is 17.9 Å². The number of carbonyl (C=O) groups excluding carboxylic acids is 4. The number of hydrogen-bond acceptors (Lipinski definition) is 11. The molecule has 296 valence electrons. The number of allylic oxidation sites excluding steroid dienone is 11. The zero-order chi connectivity index (χ0) is 40.1. The molecule has 1 saturated heterocycles. The summed E-state index contributed by atoms with van der Waals surface area (Å²) in [5.41, 5.74) is -2.18. The largest absolute Gasteiger partial charge is 0.463 e. The number of hydrogen-bond donors (Lipinski definition) is 3. The number of ether oxygens (including phenoxy) is 4. The number of methoxy groups -OCH3 is 1. The first kappa shape index (κ1) is 45.3. The fourth-order valence-electron chi connectivity index (χ4n) is 5.04. The summed E-state index contributed by atoms with van der Waals surface area (Å²) in [6.45, 7) is 10.1. The fraction of sp³-hybridized carbons (Fsp3) is 0.475. The van der Waals surface area contributed by atoms with Gasteiger partial charge in [-0.3, -0.25) is 19.2 Å². The summed E-state index contributed by atoms with van der Waals surface area (Å²) in [5.74, 6) is -0.471. The van der Waals surface area contributed by atoms with Gasteiger partial charge in [-0.1, -0.05) is 79.8 Å². The van der Waals surface area contributed by atoms with Crippen molar-refractivity contribution in [2.24, 2.45) is 5.41 Å². The van der Waals surface area contributed by atoms with Crippen LogP contribution in [0.4, 0.5) is 0 Å². The maximum absolute atomic E-state index is 13.6. The van der Waals surface area contributed by atoms with Crippen LogP contribution in [0, 0.1) is 12.3 Å². The van der Waals surface area contributed by atoms with Gasteiger partial charge in [0.25, 0.3) is 5.91 Å². The maximum Gasteiger partial charge on any atom is 0.305 e. The molecule has 3 N–H and O–H groups in total. The first-order valence-corrected chi connectivity index (χ1v) is 17.7. The zero-order valence-electron chi connectivity index (χ0n) is 32.6. The molecule has 0 aliphatic carbocycles. The third-order valence-electron chi connectivity index (χ3n) is 8.53. The Balaban J connectivity index is 1.82. The summed E-state index contributed by atoms with van der Waals surface area (Å²) in [6.07, 6.45) is 23.3. The number of oxazole rings is 1. The van der Waals surface area contributed by atoms with Gasteiger partial charge < -0.3 is 44.0 Å². The summed E-state index contributed by atoms with van der Waals surface area (Å²) < 4.78 is 27.0. The molecular formula is C40H56N4O10. The minimum absolute atomic E-state index is 0.0955. The molecule has 2 rings (SSSR count). The number of amides is 3. The number of nitrogens with one attached hydrogen (secondary N) is 2. The number of aryl methyl sites for hydroxylation is 1. The summed E-state index contributed by atoms with van der Waals surface area (Å²) in [7, 11) is 3.00. The van der Waals surface area contributed by atoms with Gasteiger partial charge >= 0.3 is 5.97 Å². The maximum atomic E-state index is 13.6. The minimum Gasteiger partial charge on any atom is -0.463 e. The quantitative estimate of drug-likeness (QED) is 0.0941. The number of aliphatic hydroxyl groups excluding tert-OH is 1. The number of aromatic nitrogens is 1. The van der Waals surface area contributed by atoms with E-state index in [9.17, 15) is 24.3 Å². The zero-order valence-corrected chi connectivity index (χ0v) is 32.6. The molecule has 0 radical (unpaired) electrons. The molecule has 0 spiro atoms. The molecule has 2 heterocycles. The summed E-state index contributed by atoms with van der Waals surface area (Å²) >= 11 is 0. The van der Waals surface area contributed by atoms with E-state index in [1.165, 1.54) is 31.2 Å². The van der Waals surface area contributed by atoms with Crippen molar-refractivity contribution in [1.82, 2.24) is 20.5 Å². The third-order valence-corrected chi connectivity index (χ3v) is 8.53. The number of aliphatic hydroxyl groups is 1. The molecule has 1 aliphatic rings. The van der Waals surface area contributed by atoms with Crippen LogP contribution >= 0.6 is 0 Å². The van der Waals surface area contributed by atoms with Crippen LogP contribution < -0.4 is 10.6 Å². The third kappa shape index (κ3) is 14.5. The summed E-state index contributed by atoms with van der Waals surface area (Å²) in [4.78, 5) is 56.3. The van der Waals surface area contributed by atoms with Crippen molar-refractivity contribution in [2.45, 2.75) is 78.4 Å². The highest BCUT2D eigenvalue weighted by Gasteiger charge is 2.48. The van der Waals surface area contributed by atoms with Gasteiger partial charge in [0, 0.05) is 46.5 Å². The monoisotopic (exact) mass is 752 g/mol. The number of carbonyl (C=O) groups is 4. The van der Waals surface area contributed by atoms with Gasteiger partial charge in [-0.2, -0.15) is 0 Å². The Hall–Kier alpha value is -4.89. The molecule has 1 aromatic heterocycles. The molecule has 1 aromatic rings. The average Bonchev–Trinajstić information content (AvgIpc) is 3.81. The normalized spacial score (nSPS) is 18.7. The van der Waals surface area contributed by atoms with Crippen molar-refractivity contribution in [3.8, 4) is 0 Å². The van der Waals surface area contributed by atoms with Gasteiger partial charge in [-0.15, -0.1) is 0 Å². The molecule has 14 heteroatoms. The van der Waals surface area contributed by atoms with Crippen molar-refractivity contribution in [2.75, 3.05) is 40.7 Å². The standard InChI is InChI=1S/C40H56N4O10/c1-9-35(46)52-26-33(30(3)50-8)44(7)38(49)40(27-51-28-53-40)43-34(45)23-19-13-11-10-12-16-20-24-41-37(48)39(5,6)36(47)29(2)21-17-14-15-18-22-32-25-42-31(4)54-32/h10-21,23,25,30,33,36,47H,9,22,24,26-28H2,1-8H3,(H,41,48)(H,43,45). The predicted octanol–water partition coefficient (Wildman–Crippen LogP) is 3.94. The van der Waals surface area contributed by atoms with Crippen LogP contribution in [-0.4, -0.2) is 103 Å². The Morgan fingerprint density at radius 3 is 2.37 bits per heavy atom. The Bertz CT molecular complexity index is 1590. The summed E-state index contributed by atoms with van der Waals surface area (Å²) in [6, 6.07) is -0.646. The first-order valence-electron chi connectivity index (χ1n) is 17.7. The molecule has 4 unspecified atom stereocenters. The first-order chi connectivity index (χ1) is 25.7. The second-order valence-corrected chi connectivity index (χ2v) is 13.1. The van der Waals surface area contributed by atoms with E-state index in [0.717, 1.165) is 5.76 Å². The molecular weight excluding hydrogens is 696 g/mol. The van der Waals surface area contributed by atoms with Gasteiger partial charge in [0.2, 0.25) is 17.5 Å². The van der Waals surface area contributed by atoms with E-state index in [-0.39, 0.29) is 38.9 Å². The highest BCUT2D eigenvalue weighted by molar-refractivity contribution is 5.95. The van der Waals surface area contributed by atoms with Crippen LogP contribution in [0.2, 0.25) is 0 Å². The predicted molar refractivity (Wildman–Crippen MR) is 203 cm³/mol. The lowest BCUT2D eigenvalue weighted by molar-refractivity contribution is -0.165. The molecule has 0 aromatic carbocycles. The van der Waals surface area contributed by atoms with Gasteiger partial charge in [0.1, 0.15) is 19.0 Å². The van der Waals surface area contributed by atoms with E-state index in [4.69, 9.17) is 23.4 Å². The highest BCUT2D eigenvalue weighted by Crippen LogP contribution is 2.26. The van der Waals surface area contributed by atoms with Crippen molar-refractivity contribution in [3.05, 3.63) is 102 Å². The lowest BCUT2D eigenvalue weighted by Gasteiger charge is -2.37. The average molecular weight is 753 g/mol. The van der Waals surface area contributed by atoms with Gasteiger partial charge in [0.05, 0.1) is 29.9 Å². The molecule has 0 bridgehead atoms. The van der Waals surface area contributed by atoms with Crippen molar-refractivity contribution < 1.29 is 47.6 Å². The van der Waals surface area contributed by atoms with Gasteiger partial charge in [-0.05, 0) is 33.3 Å². The van der Waals surface area contributed by atoms with E-state index in [1.54, 1.807) is 96.3 Å². The number of likely N-dealkylation sites (N-methyl/N-ethyl adjacent to an activating group) is 1. The van der Waals surface area contributed by atoms with Crippen LogP contribution in [0.15, 0.2) is 95.2 Å². The minimum atomic E-state index is -1.77. The molecule has 3 amide bonds. The van der Waals surface area contributed by atoms with E-state index in [1.807, 2.05) is 18.2 Å². The number of nitrogens with zero attached hydrogens (tertiary/aromatic N) is 2. The number of esters is 1. The molecule has 54 heavy (non-hydrogen) atoms. The second-order valence-electron chi connectivity index (χ2n) is 13.1. The number of rotatable bonds is 21. The van der Waals surface area contributed by atoms with E-state index in [2.05, 4.69) is 15.6 Å². The van der Waals surface area contributed by atoms with Gasteiger partial charge in [0.15, 0.2) is 12.7 Å². The SMILES string of the molecule is CCC(=O)OCC(C(C)OC)N(C)C(=O)C1(NC(=O)C=CC=CC=CC=CCNC(=O)C(C)(C)C(O)C(C)=CC=CC=CCc2cnc(C)o2)COCO1. The van der Waals surface area contributed by atoms with Crippen LogP contribution in [0.3, 0.4) is 0 Å². The Morgan fingerprint density at radius 2 is 1.74 bits per heavy atom. The lowest BCUT2D eigenvalue weighted by atomic mass is 9.81. The van der Waals surface area contributed by atoms with Crippen LogP contribution in [0.1, 0.15) is 52.7 Å². The van der Waals surface area contributed by atoms with Crippen molar-refractivity contribution in [1.29, 1.82) is 0 Å². The summed E-state index contributed by atoms with van der Waals surface area (Å²) in [5, 5.41) is 16.3. The van der Waals surface area contributed by atoms with Crippen LogP contribution in [0.25, 0.3) is 0 Å². The lowest BCUT2D eigenvalue weighted by Crippen LogP contribution is -2.63. The Labute approximate surface area is 318 Å². The second kappa shape index (κ2) is 23.0. The Kier molecular flexibility index (Phi) is 19.3.